The van der Waals surface area contributed by atoms with Crippen molar-refractivity contribution in [2.75, 3.05) is 27.4 Å². The number of carbonyl (C=O) groups is 1. The molecule has 0 fully saturated rings. The minimum Gasteiger partial charge on any atom is -0.449 e. The highest BCUT2D eigenvalue weighted by atomic mass is 32.2. The average Bonchev–Trinajstić information content (AvgIpc) is 2.36. The average molecular weight is 284 g/mol. The fourth-order valence-corrected chi connectivity index (χ4v) is 1.95. The maximum Gasteiger partial charge on any atom is 0.327 e. The summed E-state index contributed by atoms with van der Waals surface area (Å²) in [5.41, 5.74) is 6.39. The van der Waals surface area contributed by atoms with Crippen molar-refractivity contribution >= 4 is 18.0 Å². The molecule has 5 nitrogen and oxygen atoms in total. The third-order valence-corrected chi connectivity index (χ3v) is 3.24. The van der Waals surface area contributed by atoms with E-state index < -0.39 is 6.04 Å². The summed E-state index contributed by atoms with van der Waals surface area (Å²) in [5.74, 6) is -0.378. The van der Waals surface area contributed by atoms with E-state index in [0.717, 1.165) is 4.90 Å². The lowest BCUT2D eigenvalue weighted by atomic mass is 10.2. The van der Waals surface area contributed by atoms with Gasteiger partial charge in [-0.3, -0.25) is 15.4 Å². The molecular weight excluding hydrogens is 264 g/mol. The molecule has 1 aromatic rings. The molecule has 0 aliphatic rings. The second-order valence-electron chi connectivity index (χ2n) is 4.29. The zero-order valence-electron chi connectivity index (χ0n) is 11.5. The summed E-state index contributed by atoms with van der Waals surface area (Å²) in [6, 6.07) is 7.52. The van der Waals surface area contributed by atoms with Gasteiger partial charge in [0, 0.05) is 16.9 Å². The molecule has 2 N–H and O–H groups in total. The Labute approximate surface area is 118 Å². The Kier molecular flexibility index (Phi) is 6.86. The SMILES string of the molecule is Cc1ccc(SOCC(C(=O)OCN)N(C)C)cc1. The summed E-state index contributed by atoms with van der Waals surface area (Å²) in [4.78, 5) is 14.4. The van der Waals surface area contributed by atoms with Gasteiger partial charge < -0.3 is 8.92 Å². The normalized spacial score (nSPS) is 12.5. The molecule has 0 bridgehead atoms. The number of likely N-dealkylation sites (N-methyl/N-ethyl adjacent to an activating group) is 1. The first-order chi connectivity index (χ1) is 9.04. The topological polar surface area (TPSA) is 64.8 Å². The van der Waals surface area contributed by atoms with Gasteiger partial charge in [0.25, 0.3) is 0 Å². The van der Waals surface area contributed by atoms with E-state index in [4.69, 9.17) is 14.7 Å². The highest BCUT2D eigenvalue weighted by Gasteiger charge is 2.22. The van der Waals surface area contributed by atoms with Gasteiger partial charge in [0.15, 0.2) is 0 Å². The van der Waals surface area contributed by atoms with E-state index in [1.165, 1.54) is 17.6 Å². The predicted molar refractivity (Wildman–Crippen MR) is 75.6 cm³/mol. The van der Waals surface area contributed by atoms with Crippen molar-refractivity contribution in [3.63, 3.8) is 0 Å². The molecule has 0 saturated carbocycles. The fourth-order valence-electron chi connectivity index (χ4n) is 1.37. The van der Waals surface area contributed by atoms with Crippen molar-refractivity contribution in [2.24, 2.45) is 5.73 Å². The highest BCUT2D eigenvalue weighted by molar-refractivity contribution is 7.94. The first-order valence-electron chi connectivity index (χ1n) is 5.94. The number of nitrogens with zero attached hydrogens (tertiary/aromatic N) is 1. The second kappa shape index (κ2) is 8.16. The van der Waals surface area contributed by atoms with Gasteiger partial charge in [0.2, 0.25) is 0 Å². The summed E-state index contributed by atoms with van der Waals surface area (Å²) in [5, 5.41) is 0. The van der Waals surface area contributed by atoms with Crippen molar-refractivity contribution in [1.82, 2.24) is 4.90 Å². The number of nitrogens with two attached hydrogens (primary N) is 1. The predicted octanol–water partition coefficient (Wildman–Crippen LogP) is 1.41. The van der Waals surface area contributed by atoms with Gasteiger partial charge in [0.1, 0.15) is 12.8 Å². The van der Waals surface area contributed by atoms with E-state index in [9.17, 15) is 4.79 Å². The largest absolute Gasteiger partial charge is 0.449 e. The van der Waals surface area contributed by atoms with Crippen LogP contribution < -0.4 is 5.73 Å². The lowest BCUT2D eigenvalue weighted by Crippen LogP contribution is -2.41. The van der Waals surface area contributed by atoms with Gasteiger partial charge in [-0.2, -0.15) is 0 Å². The quantitative estimate of drug-likeness (QED) is 0.464. The molecule has 19 heavy (non-hydrogen) atoms. The Morgan fingerprint density at radius 1 is 1.37 bits per heavy atom. The van der Waals surface area contributed by atoms with Crippen molar-refractivity contribution < 1.29 is 13.7 Å². The maximum atomic E-state index is 11.6. The second-order valence-corrected chi connectivity index (χ2v) is 5.16. The standard InChI is InChI=1S/C13H20N2O3S/c1-10-4-6-11(7-5-10)19-18-8-12(15(2)3)13(16)17-9-14/h4-7,12H,8-9,14H2,1-3H3. The number of rotatable bonds is 7. The zero-order chi connectivity index (χ0) is 14.3. The maximum absolute atomic E-state index is 11.6. The Hall–Kier alpha value is -1.08. The molecule has 0 aromatic heterocycles. The lowest BCUT2D eigenvalue weighted by molar-refractivity contribution is -0.149. The summed E-state index contributed by atoms with van der Waals surface area (Å²) < 4.78 is 10.3. The third kappa shape index (κ3) is 5.61. The molecule has 0 radical (unpaired) electrons. The van der Waals surface area contributed by atoms with E-state index >= 15 is 0 Å². The van der Waals surface area contributed by atoms with Crippen LogP contribution in [0.3, 0.4) is 0 Å². The van der Waals surface area contributed by atoms with E-state index in [0.29, 0.717) is 0 Å². The van der Waals surface area contributed by atoms with Crippen molar-refractivity contribution in [3.8, 4) is 0 Å². The minimum atomic E-state index is -0.457. The summed E-state index contributed by atoms with van der Waals surface area (Å²) in [6.45, 7) is 2.15. The fraction of sp³-hybridized carbons (Fsp3) is 0.462. The monoisotopic (exact) mass is 284 g/mol. The van der Waals surface area contributed by atoms with Crippen LogP contribution in [0, 0.1) is 6.92 Å². The molecule has 6 heteroatoms. The number of hydrogen-bond acceptors (Lipinski definition) is 6. The van der Waals surface area contributed by atoms with Gasteiger partial charge in [-0.1, -0.05) is 17.7 Å². The number of esters is 1. The molecular formula is C13H20N2O3S. The van der Waals surface area contributed by atoms with E-state index in [-0.39, 0.29) is 19.3 Å². The molecule has 1 rings (SSSR count). The van der Waals surface area contributed by atoms with Crippen LogP contribution in [0.5, 0.6) is 0 Å². The molecule has 1 unspecified atom stereocenters. The van der Waals surface area contributed by atoms with E-state index in [1.807, 2.05) is 31.2 Å². The van der Waals surface area contributed by atoms with Crippen LogP contribution in [0.1, 0.15) is 5.56 Å². The Morgan fingerprint density at radius 2 is 2.00 bits per heavy atom. The van der Waals surface area contributed by atoms with Crippen molar-refractivity contribution in [1.29, 1.82) is 0 Å². The van der Waals surface area contributed by atoms with Crippen LogP contribution in [0.15, 0.2) is 29.2 Å². The third-order valence-electron chi connectivity index (χ3n) is 2.52. The molecule has 1 aromatic carbocycles. The number of aryl methyl sites for hydroxylation is 1. The van der Waals surface area contributed by atoms with Crippen molar-refractivity contribution in [3.05, 3.63) is 29.8 Å². The van der Waals surface area contributed by atoms with Crippen molar-refractivity contribution in [2.45, 2.75) is 17.9 Å². The van der Waals surface area contributed by atoms with Gasteiger partial charge in [0.05, 0.1) is 6.61 Å². The number of carbonyl (C=O) groups excluding carboxylic acids is 1. The number of benzene rings is 1. The van der Waals surface area contributed by atoms with Gasteiger partial charge in [-0.15, -0.1) is 0 Å². The van der Waals surface area contributed by atoms with Crippen LogP contribution in [0.25, 0.3) is 0 Å². The van der Waals surface area contributed by atoms with Crippen LogP contribution in [0.4, 0.5) is 0 Å². The summed E-state index contributed by atoms with van der Waals surface area (Å²) >= 11 is 1.24. The van der Waals surface area contributed by atoms with Crippen LogP contribution in [-0.2, 0) is 13.7 Å². The Bertz CT molecular complexity index is 395. The van der Waals surface area contributed by atoms with Crippen LogP contribution in [-0.4, -0.2) is 44.3 Å². The molecule has 1 atom stereocenters. The van der Waals surface area contributed by atoms with Gasteiger partial charge >= 0.3 is 5.97 Å². The molecule has 0 aliphatic heterocycles. The highest BCUT2D eigenvalue weighted by Crippen LogP contribution is 2.20. The molecule has 0 aliphatic carbocycles. The van der Waals surface area contributed by atoms with Crippen LogP contribution in [0.2, 0.25) is 0 Å². The summed E-state index contributed by atoms with van der Waals surface area (Å²) in [6.07, 6.45) is 0. The molecule has 0 spiro atoms. The van der Waals surface area contributed by atoms with Crippen LogP contribution >= 0.6 is 12.0 Å². The first-order valence-corrected chi connectivity index (χ1v) is 6.68. The number of ether oxygens (including phenoxy) is 1. The smallest absolute Gasteiger partial charge is 0.327 e. The molecule has 0 saturated heterocycles. The Balaban J connectivity index is 2.44. The van der Waals surface area contributed by atoms with E-state index in [2.05, 4.69) is 0 Å². The lowest BCUT2D eigenvalue weighted by Gasteiger charge is -2.21. The molecule has 106 valence electrons. The van der Waals surface area contributed by atoms with E-state index in [1.54, 1.807) is 19.0 Å². The Morgan fingerprint density at radius 3 is 2.53 bits per heavy atom. The van der Waals surface area contributed by atoms with Gasteiger partial charge in [-0.05, 0) is 33.2 Å². The summed E-state index contributed by atoms with van der Waals surface area (Å²) in [7, 11) is 3.59. The van der Waals surface area contributed by atoms with Gasteiger partial charge in [-0.25, -0.2) is 0 Å². The molecule has 0 amide bonds. The number of hydrogen-bond donors (Lipinski definition) is 1. The first kappa shape index (κ1) is 16.0. The molecule has 0 heterocycles. The zero-order valence-corrected chi connectivity index (χ0v) is 12.3. The minimum absolute atomic E-state index is 0.117.